The van der Waals surface area contributed by atoms with Crippen LogP contribution >= 0.6 is 0 Å². The summed E-state index contributed by atoms with van der Waals surface area (Å²) in [6.45, 7) is 0. The monoisotopic (exact) mass is 120 g/mol. The SMILES string of the molecule is C1=Nc2cc[nH]c2CC1. The second kappa shape index (κ2) is 1.72. The molecule has 1 aliphatic rings. The first kappa shape index (κ1) is 4.79. The summed E-state index contributed by atoms with van der Waals surface area (Å²) >= 11 is 0. The van der Waals surface area contributed by atoms with Gasteiger partial charge in [0.25, 0.3) is 0 Å². The summed E-state index contributed by atoms with van der Waals surface area (Å²) in [6.07, 6.45) is 6.10. The Balaban J connectivity index is 2.53. The largest absolute Gasteiger partial charge is 0.363 e. The van der Waals surface area contributed by atoms with Gasteiger partial charge in [0.05, 0.1) is 5.69 Å². The number of aromatic amines is 1. The first-order valence-electron chi connectivity index (χ1n) is 3.15. The van der Waals surface area contributed by atoms with E-state index in [0.717, 1.165) is 18.5 Å². The van der Waals surface area contributed by atoms with Crippen LogP contribution in [0.25, 0.3) is 0 Å². The third-order valence-electron chi connectivity index (χ3n) is 1.56. The van der Waals surface area contributed by atoms with Crippen molar-refractivity contribution in [2.45, 2.75) is 12.8 Å². The van der Waals surface area contributed by atoms with Gasteiger partial charge in [-0.15, -0.1) is 0 Å². The van der Waals surface area contributed by atoms with Crippen molar-refractivity contribution >= 4 is 11.9 Å². The summed E-state index contributed by atoms with van der Waals surface area (Å²) in [5, 5.41) is 0. The van der Waals surface area contributed by atoms with Crippen LogP contribution in [0, 0.1) is 0 Å². The molecule has 2 rings (SSSR count). The summed E-state index contributed by atoms with van der Waals surface area (Å²) in [7, 11) is 0. The Morgan fingerprint density at radius 1 is 1.56 bits per heavy atom. The van der Waals surface area contributed by atoms with Crippen molar-refractivity contribution < 1.29 is 0 Å². The molecule has 1 aliphatic heterocycles. The van der Waals surface area contributed by atoms with Crippen LogP contribution in [0.5, 0.6) is 0 Å². The van der Waals surface area contributed by atoms with E-state index in [4.69, 9.17) is 0 Å². The molecule has 0 saturated carbocycles. The van der Waals surface area contributed by atoms with Crippen LogP contribution in [0.4, 0.5) is 5.69 Å². The number of H-pyrrole nitrogens is 1. The van der Waals surface area contributed by atoms with Gasteiger partial charge in [0.1, 0.15) is 0 Å². The zero-order valence-electron chi connectivity index (χ0n) is 5.09. The van der Waals surface area contributed by atoms with Gasteiger partial charge >= 0.3 is 0 Å². The number of nitrogens with one attached hydrogen (secondary N) is 1. The Morgan fingerprint density at radius 3 is 3.44 bits per heavy atom. The standard InChI is InChI=1S/C7H8N2/c1-2-6-7(8-4-1)3-5-9-6/h3-5,9H,1-2H2. The Bertz CT molecular complexity index is 235. The molecule has 0 amide bonds. The van der Waals surface area contributed by atoms with E-state index in [1.165, 1.54) is 5.69 Å². The molecule has 0 aliphatic carbocycles. The van der Waals surface area contributed by atoms with Crippen LogP contribution in [-0.2, 0) is 6.42 Å². The molecule has 2 nitrogen and oxygen atoms in total. The Labute approximate surface area is 53.6 Å². The van der Waals surface area contributed by atoms with Gasteiger partial charge in [-0.2, -0.15) is 0 Å². The highest BCUT2D eigenvalue weighted by atomic mass is 14.8. The van der Waals surface area contributed by atoms with Crippen molar-refractivity contribution in [3.63, 3.8) is 0 Å². The summed E-state index contributed by atoms with van der Waals surface area (Å²) < 4.78 is 0. The number of fused-ring (bicyclic) bond motifs is 1. The lowest BCUT2D eigenvalue weighted by Crippen LogP contribution is -1.91. The van der Waals surface area contributed by atoms with Crippen molar-refractivity contribution in [3.8, 4) is 0 Å². The van der Waals surface area contributed by atoms with Gasteiger partial charge in [0.2, 0.25) is 0 Å². The van der Waals surface area contributed by atoms with Crippen LogP contribution < -0.4 is 0 Å². The minimum absolute atomic E-state index is 1.08. The molecule has 1 aromatic heterocycles. The first-order chi connectivity index (χ1) is 4.47. The quantitative estimate of drug-likeness (QED) is 0.539. The number of hydrogen-bond acceptors (Lipinski definition) is 1. The molecule has 0 unspecified atom stereocenters. The van der Waals surface area contributed by atoms with Crippen LogP contribution in [0.1, 0.15) is 12.1 Å². The molecule has 0 atom stereocenters. The molecule has 0 saturated heterocycles. The predicted octanol–water partition coefficient (Wildman–Crippen LogP) is 1.66. The lowest BCUT2D eigenvalue weighted by molar-refractivity contribution is 0.981. The fourth-order valence-electron chi connectivity index (χ4n) is 1.09. The maximum absolute atomic E-state index is 4.20. The average Bonchev–Trinajstić information content (AvgIpc) is 2.33. The van der Waals surface area contributed by atoms with Gasteiger partial charge in [-0.1, -0.05) is 0 Å². The number of aryl methyl sites for hydroxylation is 1. The topological polar surface area (TPSA) is 28.1 Å². The molecule has 1 N–H and O–H groups in total. The summed E-state index contributed by atoms with van der Waals surface area (Å²) in [5.74, 6) is 0. The zero-order chi connectivity index (χ0) is 6.10. The summed E-state index contributed by atoms with van der Waals surface area (Å²) in [4.78, 5) is 7.34. The molecule has 46 valence electrons. The maximum Gasteiger partial charge on any atom is 0.0832 e. The Kier molecular flexibility index (Phi) is 0.918. The summed E-state index contributed by atoms with van der Waals surface area (Å²) in [5.41, 5.74) is 2.39. The Hall–Kier alpha value is -1.05. The normalized spacial score (nSPS) is 15.6. The molecular weight excluding hydrogens is 112 g/mol. The van der Waals surface area contributed by atoms with Gasteiger partial charge in [0, 0.05) is 18.1 Å². The van der Waals surface area contributed by atoms with E-state index in [0.29, 0.717) is 0 Å². The number of nitrogens with zero attached hydrogens (tertiary/aromatic N) is 1. The van der Waals surface area contributed by atoms with Crippen molar-refractivity contribution in [1.82, 2.24) is 4.98 Å². The van der Waals surface area contributed by atoms with E-state index in [1.807, 2.05) is 18.5 Å². The van der Waals surface area contributed by atoms with Crippen LogP contribution in [0.2, 0.25) is 0 Å². The first-order valence-corrected chi connectivity index (χ1v) is 3.15. The highest BCUT2D eigenvalue weighted by Crippen LogP contribution is 2.21. The second-order valence-corrected chi connectivity index (χ2v) is 2.19. The molecule has 2 heterocycles. The lowest BCUT2D eigenvalue weighted by Gasteiger charge is -2.01. The van der Waals surface area contributed by atoms with Gasteiger partial charge < -0.3 is 4.98 Å². The van der Waals surface area contributed by atoms with E-state index in [2.05, 4.69) is 9.98 Å². The van der Waals surface area contributed by atoms with Crippen molar-refractivity contribution in [3.05, 3.63) is 18.0 Å². The molecule has 1 aromatic rings. The average molecular weight is 120 g/mol. The molecule has 0 radical (unpaired) electrons. The van der Waals surface area contributed by atoms with E-state index in [9.17, 15) is 0 Å². The minimum atomic E-state index is 1.08. The highest BCUT2D eigenvalue weighted by Gasteiger charge is 2.03. The van der Waals surface area contributed by atoms with Gasteiger partial charge in [-0.05, 0) is 18.9 Å². The van der Waals surface area contributed by atoms with Crippen LogP contribution in [0.15, 0.2) is 17.3 Å². The van der Waals surface area contributed by atoms with Crippen LogP contribution in [0.3, 0.4) is 0 Å². The van der Waals surface area contributed by atoms with Crippen molar-refractivity contribution in [2.75, 3.05) is 0 Å². The lowest BCUT2D eigenvalue weighted by atomic mass is 10.2. The van der Waals surface area contributed by atoms with E-state index in [-0.39, 0.29) is 0 Å². The molecule has 9 heavy (non-hydrogen) atoms. The molecule has 0 spiro atoms. The molecule has 0 aromatic carbocycles. The predicted molar refractivity (Wildman–Crippen MR) is 37.3 cm³/mol. The fourth-order valence-corrected chi connectivity index (χ4v) is 1.09. The fraction of sp³-hybridized carbons (Fsp3) is 0.286. The van der Waals surface area contributed by atoms with Crippen LogP contribution in [-0.4, -0.2) is 11.2 Å². The second-order valence-electron chi connectivity index (χ2n) is 2.19. The molecule has 0 bridgehead atoms. The number of aliphatic imine (C=N–C) groups is 1. The molecule has 2 heteroatoms. The maximum atomic E-state index is 4.20. The number of rotatable bonds is 0. The minimum Gasteiger partial charge on any atom is -0.363 e. The smallest absolute Gasteiger partial charge is 0.0832 e. The van der Waals surface area contributed by atoms with Gasteiger partial charge in [-0.25, -0.2) is 0 Å². The third kappa shape index (κ3) is 0.669. The van der Waals surface area contributed by atoms with Crippen molar-refractivity contribution in [1.29, 1.82) is 0 Å². The third-order valence-corrected chi connectivity index (χ3v) is 1.56. The van der Waals surface area contributed by atoms with Crippen molar-refractivity contribution in [2.24, 2.45) is 4.99 Å². The van der Waals surface area contributed by atoms with Gasteiger partial charge in [-0.3, -0.25) is 4.99 Å². The van der Waals surface area contributed by atoms with E-state index in [1.54, 1.807) is 0 Å². The van der Waals surface area contributed by atoms with Gasteiger partial charge in [0.15, 0.2) is 0 Å². The zero-order valence-corrected chi connectivity index (χ0v) is 5.09. The highest BCUT2D eigenvalue weighted by molar-refractivity contribution is 5.67. The van der Waals surface area contributed by atoms with E-state index < -0.39 is 0 Å². The Morgan fingerprint density at radius 2 is 2.56 bits per heavy atom. The summed E-state index contributed by atoms with van der Waals surface area (Å²) in [6, 6.07) is 2.00. The molecular formula is C7H8N2. The van der Waals surface area contributed by atoms with E-state index >= 15 is 0 Å². The molecule has 0 fully saturated rings. The number of aromatic nitrogens is 1. The number of hydrogen-bond donors (Lipinski definition) is 1.